The van der Waals surface area contributed by atoms with Gasteiger partial charge in [-0.2, -0.15) is 0 Å². The minimum Gasteiger partial charge on any atom is -0.439 e. The zero-order valence-electron chi connectivity index (χ0n) is 22.9. The van der Waals surface area contributed by atoms with E-state index in [-0.39, 0.29) is 12.1 Å². The van der Waals surface area contributed by atoms with Crippen molar-refractivity contribution < 1.29 is 38.4 Å². The number of fused-ring (bicyclic) bond motifs is 2. The van der Waals surface area contributed by atoms with Gasteiger partial charge in [-0.3, -0.25) is 4.79 Å². The van der Waals surface area contributed by atoms with Gasteiger partial charge in [-0.1, -0.05) is 26.0 Å². The molecular weight excluding hydrogens is 495 g/mol. The van der Waals surface area contributed by atoms with Crippen molar-refractivity contribution >= 4 is 17.7 Å². The van der Waals surface area contributed by atoms with E-state index in [1.54, 1.807) is 39.8 Å². The average Bonchev–Trinajstić information content (AvgIpc) is 2.86. The quantitative estimate of drug-likeness (QED) is 0.428. The fourth-order valence-corrected chi connectivity index (χ4v) is 4.77. The number of nitrogens with two attached hydrogens (primary N) is 1. The van der Waals surface area contributed by atoms with Crippen molar-refractivity contribution in [3.8, 4) is 0 Å². The molecular formula is C28H41FN2O7. The highest BCUT2D eigenvalue weighted by Gasteiger charge is 2.31. The van der Waals surface area contributed by atoms with E-state index in [1.165, 1.54) is 32.4 Å². The average molecular weight is 537 g/mol. The van der Waals surface area contributed by atoms with Crippen LogP contribution in [0.2, 0.25) is 0 Å². The third-order valence-electron chi connectivity index (χ3n) is 7.00. The molecule has 0 aliphatic carbocycles. The highest BCUT2D eigenvalue weighted by atomic mass is 19.1. The normalized spacial score (nSPS) is 30.1. The summed E-state index contributed by atoms with van der Waals surface area (Å²) in [7, 11) is 2.96. The SMILES string of the molecule is CO[C@H]1C[C@H](C)[C@@H](O)c2cc(F)cc(c2)NC(=O)C(C)=CCC[C@H](OC)[C@@H](OC(N)=O)C(C)=C[C@H](C)[C@H]1O. The second-order valence-corrected chi connectivity index (χ2v) is 10.0. The molecule has 0 radical (unpaired) electrons. The lowest BCUT2D eigenvalue weighted by Crippen LogP contribution is -2.38. The number of ether oxygens (including phenoxy) is 3. The Hall–Kier alpha value is -2.79. The number of aliphatic hydroxyl groups is 2. The maximum atomic E-state index is 14.4. The first-order valence-electron chi connectivity index (χ1n) is 12.7. The van der Waals surface area contributed by atoms with Crippen molar-refractivity contribution in [1.82, 2.24) is 0 Å². The zero-order valence-corrected chi connectivity index (χ0v) is 22.9. The molecule has 7 atom stereocenters. The Bertz CT molecular complexity index is 1030. The van der Waals surface area contributed by atoms with E-state index in [9.17, 15) is 24.2 Å². The molecule has 0 unspecified atom stereocenters. The zero-order chi connectivity index (χ0) is 28.6. The van der Waals surface area contributed by atoms with Crippen LogP contribution in [0.25, 0.3) is 0 Å². The Morgan fingerprint density at radius 3 is 2.37 bits per heavy atom. The fraction of sp³-hybridized carbons (Fsp3) is 0.571. The summed E-state index contributed by atoms with van der Waals surface area (Å²) in [4.78, 5) is 24.4. The Morgan fingerprint density at radius 1 is 1.11 bits per heavy atom. The molecule has 5 N–H and O–H groups in total. The van der Waals surface area contributed by atoms with E-state index in [2.05, 4.69) is 5.32 Å². The predicted octanol–water partition coefficient (Wildman–Crippen LogP) is 4.00. The summed E-state index contributed by atoms with van der Waals surface area (Å²) in [6.07, 6.45) is -0.487. The maximum Gasteiger partial charge on any atom is 0.405 e. The monoisotopic (exact) mass is 536 g/mol. The second-order valence-electron chi connectivity index (χ2n) is 10.0. The molecule has 1 aromatic rings. The minimum atomic E-state index is -1.08. The molecule has 212 valence electrons. The number of benzene rings is 1. The van der Waals surface area contributed by atoms with Gasteiger partial charge in [0.05, 0.1) is 24.4 Å². The summed E-state index contributed by atoms with van der Waals surface area (Å²) in [5, 5.41) is 24.7. The van der Waals surface area contributed by atoms with Gasteiger partial charge >= 0.3 is 6.09 Å². The van der Waals surface area contributed by atoms with Crippen molar-refractivity contribution in [2.45, 2.75) is 77.5 Å². The van der Waals surface area contributed by atoms with Gasteiger partial charge in [0.25, 0.3) is 5.91 Å². The number of aliphatic hydroxyl groups excluding tert-OH is 2. The van der Waals surface area contributed by atoms with Gasteiger partial charge in [0.1, 0.15) is 5.82 Å². The van der Waals surface area contributed by atoms with Crippen molar-refractivity contribution in [2.24, 2.45) is 17.6 Å². The largest absolute Gasteiger partial charge is 0.439 e. The van der Waals surface area contributed by atoms with Crippen LogP contribution in [0.15, 0.2) is 41.5 Å². The first-order valence-corrected chi connectivity index (χ1v) is 12.7. The lowest BCUT2D eigenvalue weighted by atomic mass is 9.86. The molecule has 0 spiro atoms. The number of rotatable bonds is 3. The van der Waals surface area contributed by atoms with Gasteiger partial charge in [-0.15, -0.1) is 0 Å². The number of primary amides is 1. The number of halogens is 1. The molecule has 2 amide bonds. The number of hydrogen-bond acceptors (Lipinski definition) is 7. The summed E-state index contributed by atoms with van der Waals surface area (Å²) in [6, 6.07) is 3.93. The van der Waals surface area contributed by atoms with Crippen LogP contribution >= 0.6 is 0 Å². The lowest BCUT2D eigenvalue weighted by Gasteiger charge is -2.31. The topological polar surface area (TPSA) is 140 Å². The number of hydrogen-bond donors (Lipinski definition) is 4. The number of carbonyl (C=O) groups excluding carboxylic acids is 2. The van der Waals surface area contributed by atoms with Crippen molar-refractivity contribution in [1.29, 1.82) is 0 Å². The van der Waals surface area contributed by atoms with Crippen LogP contribution in [0.1, 0.15) is 58.6 Å². The summed E-state index contributed by atoms with van der Waals surface area (Å²) < 4.78 is 31.0. The van der Waals surface area contributed by atoms with E-state index < -0.39 is 60.2 Å². The smallest absolute Gasteiger partial charge is 0.405 e. The molecule has 0 aromatic heterocycles. The molecule has 9 nitrogen and oxygen atoms in total. The van der Waals surface area contributed by atoms with Crippen molar-refractivity contribution in [2.75, 3.05) is 19.5 Å². The fourth-order valence-electron chi connectivity index (χ4n) is 4.77. The summed E-state index contributed by atoms with van der Waals surface area (Å²) >= 11 is 0. The molecule has 0 fully saturated rings. The third-order valence-corrected chi connectivity index (χ3v) is 7.00. The highest BCUT2D eigenvalue weighted by Crippen LogP contribution is 2.31. The molecule has 0 saturated carbocycles. The Kier molecular flexibility index (Phi) is 11.9. The van der Waals surface area contributed by atoms with Crippen LogP contribution < -0.4 is 11.1 Å². The molecule has 0 saturated heterocycles. The van der Waals surface area contributed by atoms with Gasteiger partial charge in [-0.25, -0.2) is 9.18 Å². The summed E-state index contributed by atoms with van der Waals surface area (Å²) in [6.45, 7) is 6.96. The highest BCUT2D eigenvalue weighted by molar-refractivity contribution is 6.03. The van der Waals surface area contributed by atoms with Gasteiger partial charge in [0, 0.05) is 31.4 Å². The van der Waals surface area contributed by atoms with Gasteiger partial charge in [0.2, 0.25) is 0 Å². The number of allylic oxidation sites excluding steroid dienone is 1. The molecule has 1 aromatic carbocycles. The predicted molar refractivity (Wildman–Crippen MR) is 142 cm³/mol. The Morgan fingerprint density at radius 2 is 1.76 bits per heavy atom. The Balaban J connectivity index is 2.52. The molecule has 2 rings (SSSR count). The number of anilines is 1. The molecule has 38 heavy (non-hydrogen) atoms. The van der Waals surface area contributed by atoms with Crippen molar-refractivity contribution in [3.63, 3.8) is 0 Å². The summed E-state index contributed by atoms with van der Waals surface area (Å²) in [5.74, 6) is -1.87. The van der Waals surface area contributed by atoms with Gasteiger partial charge in [-0.05, 0) is 68.4 Å². The number of methoxy groups -OCH3 is 2. The number of carbonyl (C=O) groups is 2. The standard InChI is InChI=1S/C28H41FN2O7/c1-15-8-7-9-22(36-5)26(38-28(30)35)18(4)10-16(2)25(33)23(37-6)11-17(3)24(32)19-12-20(29)14-21(13-19)31-27(15)34/h8,10,12-14,16-17,22-26,32-33H,7,9,11H2,1-6H3,(H2,30,35)(H,31,34)/t16-,17-,22-,23-,24+,25+,26-/m0/s1. The van der Waals surface area contributed by atoms with Crippen LogP contribution in [0.3, 0.4) is 0 Å². The van der Waals surface area contributed by atoms with Crippen molar-refractivity contribution in [3.05, 3.63) is 52.9 Å². The van der Waals surface area contributed by atoms with Crippen LogP contribution in [0, 0.1) is 17.7 Å². The number of nitrogens with one attached hydrogen (secondary N) is 1. The lowest BCUT2D eigenvalue weighted by molar-refractivity contribution is -0.112. The van der Waals surface area contributed by atoms with E-state index in [0.29, 0.717) is 29.6 Å². The first-order chi connectivity index (χ1) is 17.9. The van der Waals surface area contributed by atoms with E-state index in [1.807, 2.05) is 0 Å². The second kappa shape index (κ2) is 14.4. The maximum absolute atomic E-state index is 14.4. The van der Waals surface area contributed by atoms with Gasteiger partial charge < -0.3 is 35.5 Å². The van der Waals surface area contributed by atoms with Crippen LogP contribution in [0.5, 0.6) is 0 Å². The molecule has 1 aliphatic heterocycles. The number of amides is 2. The molecule has 1 aliphatic rings. The first kappa shape index (κ1) is 31.4. The van der Waals surface area contributed by atoms with Crippen LogP contribution in [-0.2, 0) is 19.0 Å². The Labute approximate surface area is 223 Å². The van der Waals surface area contributed by atoms with E-state index >= 15 is 0 Å². The van der Waals surface area contributed by atoms with E-state index in [0.717, 1.165) is 0 Å². The third kappa shape index (κ3) is 8.62. The summed E-state index contributed by atoms with van der Waals surface area (Å²) in [5.41, 5.74) is 6.88. The van der Waals surface area contributed by atoms with Gasteiger partial charge in [0.15, 0.2) is 6.10 Å². The van der Waals surface area contributed by atoms with E-state index in [4.69, 9.17) is 19.9 Å². The molecule has 10 heteroatoms. The molecule has 1 heterocycles. The minimum absolute atomic E-state index is 0.211. The van der Waals surface area contributed by atoms with Crippen LogP contribution in [0.4, 0.5) is 14.9 Å². The van der Waals surface area contributed by atoms with Crippen LogP contribution in [-0.4, -0.2) is 60.8 Å². The molecule has 2 bridgehead atoms.